The van der Waals surface area contributed by atoms with E-state index in [1.165, 1.54) is 0 Å². The average molecular weight is 210 g/mol. The third-order valence-corrected chi connectivity index (χ3v) is 2.50. The van der Waals surface area contributed by atoms with Gasteiger partial charge in [-0.2, -0.15) is 0 Å². The van der Waals surface area contributed by atoms with Crippen LogP contribution in [0.5, 0.6) is 0 Å². The Hall–Kier alpha value is -2.36. The third-order valence-electron chi connectivity index (χ3n) is 2.50. The SMILES string of the molecule is Nc1cnccc1-c1nc2ccccc2[nH]1. The summed E-state index contributed by atoms with van der Waals surface area (Å²) in [4.78, 5) is 11.7. The van der Waals surface area contributed by atoms with Crippen LogP contribution >= 0.6 is 0 Å². The number of imidazole rings is 1. The number of benzene rings is 1. The normalized spacial score (nSPS) is 10.8. The van der Waals surface area contributed by atoms with E-state index in [0.717, 1.165) is 22.4 Å². The maximum atomic E-state index is 5.85. The molecule has 3 N–H and O–H groups in total. The first kappa shape index (κ1) is 8.91. The lowest BCUT2D eigenvalue weighted by atomic mass is 10.2. The number of H-pyrrole nitrogens is 1. The summed E-state index contributed by atoms with van der Waals surface area (Å²) < 4.78 is 0. The maximum Gasteiger partial charge on any atom is 0.140 e. The highest BCUT2D eigenvalue weighted by Gasteiger charge is 2.07. The number of aromatic nitrogens is 3. The molecule has 3 aromatic rings. The van der Waals surface area contributed by atoms with Crippen molar-refractivity contribution in [2.45, 2.75) is 0 Å². The zero-order valence-electron chi connectivity index (χ0n) is 8.51. The lowest BCUT2D eigenvalue weighted by Gasteiger charge is -1.99. The van der Waals surface area contributed by atoms with Crippen LogP contribution in [-0.4, -0.2) is 15.0 Å². The van der Waals surface area contributed by atoms with Gasteiger partial charge in [0.2, 0.25) is 0 Å². The predicted molar refractivity (Wildman–Crippen MR) is 63.7 cm³/mol. The standard InChI is InChI=1S/C12H10N4/c13-9-7-14-6-5-8(9)12-15-10-3-1-2-4-11(10)16-12/h1-7H,13H2,(H,15,16). The van der Waals surface area contributed by atoms with Gasteiger partial charge in [0.1, 0.15) is 5.82 Å². The Morgan fingerprint density at radius 2 is 2.00 bits per heavy atom. The molecule has 0 atom stereocenters. The highest BCUT2D eigenvalue weighted by atomic mass is 14.9. The zero-order chi connectivity index (χ0) is 11.0. The Kier molecular flexibility index (Phi) is 1.86. The van der Waals surface area contributed by atoms with Crippen LogP contribution in [0.3, 0.4) is 0 Å². The van der Waals surface area contributed by atoms with Gasteiger partial charge in [-0.15, -0.1) is 0 Å². The molecule has 0 bridgehead atoms. The van der Waals surface area contributed by atoms with Crippen molar-refractivity contribution in [1.29, 1.82) is 0 Å². The highest BCUT2D eigenvalue weighted by molar-refractivity contribution is 5.81. The van der Waals surface area contributed by atoms with Crippen LogP contribution in [0, 0.1) is 0 Å². The van der Waals surface area contributed by atoms with Gasteiger partial charge < -0.3 is 10.7 Å². The minimum absolute atomic E-state index is 0.626. The Balaban J connectivity index is 2.23. The quantitative estimate of drug-likeness (QED) is 0.647. The van der Waals surface area contributed by atoms with Crippen molar-refractivity contribution in [1.82, 2.24) is 15.0 Å². The number of hydrogen-bond donors (Lipinski definition) is 2. The van der Waals surface area contributed by atoms with Crippen LogP contribution in [0.1, 0.15) is 0 Å². The highest BCUT2D eigenvalue weighted by Crippen LogP contribution is 2.24. The summed E-state index contributed by atoms with van der Waals surface area (Å²) in [6, 6.07) is 9.74. The molecule has 0 radical (unpaired) electrons. The van der Waals surface area contributed by atoms with E-state index in [4.69, 9.17) is 5.73 Å². The molecule has 0 saturated heterocycles. The van der Waals surface area contributed by atoms with Gasteiger partial charge >= 0.3 is 0 Å². The van der Waals surface area contributed by atoms with Crippen molar-refractivity contribution in [2.75, 3.05) is 5.73 Å². The molecule has 0 fully saturated rings. The average Bonchev–Trinajstić information content (AvgIpc) is 2.73. The van der Waals surface area contributed by atoms with Crippen molar-refractivity contribution in [3.63, 3.8) is 0 Å². The summed E-state index contributed by atoms with van der Waals surface area (Å²) in [5.74, 6) is 0.779. The molecule has 0 spiro atoms. The van der Waals surface area contributed by atoms with Crippen LogP contribution in [0.25, 0.3) is 22.4 Å². The molecule has 2 heterocycles. The molecule has 2 aromatic heterocycles. The van der Waals surface area contributed by atoms with E-state index in [2.05, 4.69) is 15.0 Å². The Morgan fingerprint density at radius 1 is 1.12 bits per heavy atom. The van der Waals surface area contributed by atoms with E-state index in [1.807, 2.05) is 30.3 Å². The number of pyridine rings is 1. The molecule has 4 nitrogen and oxygen atoms in total. The van der Waals surface area contributed by atoms with Gasteiger partial charge in [0.25, 0.3) is 0 Å². The van der Waals surface area contributed by atoms with Crippen molar-refractivity contribution >= 4 is 16.7 Å². The first-order valence-electron chi connectivity index (χ1n) is 4.99. The molecule has 1 aromatic carbocycles. The molecule has 0 unspecified atom stereocenters. The summed E-state index contributed by atoms with van der Waals surface area (Å²) in [6.07, 6.45) is 3.33. The number of anilines is 1. The van der Waals surface area contributed by atoms with E-state index in [-0.39, 0.29) is 0 Å². The van der Waals surface area contributed by atoms with Crippen molar-refractivity contribution in [3.8, 4) is 11.4 Å². The molecular weight excluding hydrogens is 200 g/mol. The first-order valence-corrected chi connectivity index (χ1v) is 4.99. The summed E-state index contributed by atoms with van der Waals surface area (Å²) >= 11 is 0. The number of hydrogen-bond acceptors (Lipinski definition) is 3. The van der Waals surface area contributed by atoms with Gasteiger partial charge in [0, 0.05) is 11.8 Å². The first-order chi connectivity index (χ1) is 7.84. The van der Waals surface area contributed by atoms with Crippen molar-refractivity contribution < 1.29 is 0 Å². The Bertz CT molecular complexity index is 609. The Morgan fingerprint density at radius 3 is 2.81 bits per heavy atom. The van der Waals surface area contributed by atoms with Crippen molar-refractivity contribution in [2.24, 2.45) is 0 Å². The van der Waals surface area contributed by atoms with Gasteiger partial charge in [-0.05, 0) is 18.2 Å². The molecule has 3 rings (SSSR count). The number of para-hydroxylation sites is 2. The predicted octanol–water partition coefficient (Wildman–Crippen LogP) is 2.21. The molecule has 4 heteroatoms. The smallest absolute Gasteiger partial charge is 0.140 e. The Labute approximate surface area is 92.2 Å². The van der Waals surface area contributed by atoms with Crippen LogP contribution < -0.4 is 5.73 Å². The minimum Gasteiger partial charge on any atom is -0.397 e. The second-order valence-corrected chi connectivity index (χ2v) is 3.57. The molecule has 0 amide bonds. The van der Waals surface area contributed by atoms with Crippen molar-refractivity contribution in [3.05, 3.63) is 42.7 Å². The fourth-order valence-electron chi connectivity index (χ4n) is 1.70. The summed E-state index contributed by atoms with van der Waals surface area (Å²) in [5, 5.41) is 0. The number of nitrogens with one attached hydrogen (secondary N) is 1. The van der Waals surface area contributed by atoms with E-state index in [9.17, 15) is 0 Å². The second kappa shape index (κ2) is 3.34. The van der Waals surface area contributed by atoms with E-state index < -0.39 is 0 Å². The second-order valence-electron chi connectivity index (χ2n) is 3.57. The fourth-order valence-corrected chi connectivity index (χ4v) is 1.70. The van der Waals surface area contributed by atoms with E-state index in [0.29, 0.717) is 5.69 Å². The molecule has 0 aliphatic heterocycles. The van der Waals surface area contributed by atoms with Gasteiger partial charge in [0.05, 0.1) is 22.9 Å². The lowest BCUT2D eigenvalue weighted by Crippen LogP contribution is -1.91. The van der Waals surface area contributed by atoms with Crippen LogP contribution in [-0.2, 0) is 0 Å². The van der Waals surface area contributed by atoms with Crippen LogP contribution in [0.15, 0.2) is 42.7 Å². The molecule has 0 aliphatic rings. The number of aromatic amines is 1. The third kappa shape index (κ3) is 1.32. The monoisotopic (exact) mass is 210 g/mol. The zero-order valence-corrected chi connectivity index (χ0v) is 8.51. The fraction of sp³-hybridized carbons (Fsp3) is 0. The molecule has 0 aliphatic carbocycles. The summed E-state index contributed by atoms with van der Waals surface area (Å²) in [7, 11) is 0. The minimum atomic E-state index is 0.626. The van der Waals surface area contributed by atoms with E-state index >= 15 is 0 Å². The van der Waals surface area contributed by atoms with Crippen LogP contribution in [0.2, 0.25) is 0 Å². The lowest BCUT2D eigenvalue weighted by molar-refractivity contribution is 1.29. The number of nitrogen functional groups attached to an aromatic ring is 1. The van der Waals surface area contributed by atoms with Gasteiger partial charge in [-0.1, -0.05) is 12.1 Å². The summed E-state index contributed by atoms with van der Waals surface area (Å²) in [5.41, 5.74) is 9.31. The van der Waals surface area contributed by atoms with Crippen LogP contribution in [0.4, 0.5) is 5.69 Å². The largest absolute Gasteiger partial charge is 0.397 e. The molecule has 78 valence electrons. The molecule has 16 heavy (non-hydrogen) atoms. The number of nitrogens with zero attached hydrogens (tertiary/aromatic N) is 2. The van der Waals surface area contributed by atoms with Gasteiger partial charge in [0.15, 0.2) is 0 Å². The maximum absolute atomic E-state index is 5.85. The van der Waals surface area contributed by atoms with Gasteiger partial charge in [-0.25, -0.2) is 4.98 Å². The summed E-state index contributed by atoms with van der Waals surface area (Å²) in [6.45, 7) is 0. The number of rotatable bonds is 1. The number of fused-ring (bicyclic) bond motifs is 1. The van der Waals surface area contributed by atoms with Gasteiger partial charge in [-0.3, -0.25) is 4.98 Å². The van der Waals surface area contributed by atoms with E-state index in [1.54, 1.807) is 12.4 Å². The molecule has 0 saturated carbocycles. The molecular formula is C12H10N4. The number of nitrogens with two attached hydrogens (primary N) is 1. The topological polar surface area (TPSA) is 67.6 Å².